The molecule has 1 aromatic heterocycles. The Bertz CT molecular complexity index is 421. The normalized spacial score (nSPS) is 30.6. The molecule has 1 saturated heterocycles. The first-order chi connectivity index (χ1) is 8.12. The summed E-state index contributed by atoms with van der Waals surface area (Å²) in [7, 11) is 0. The highest BCUT2D eigenvalue weighted by Crippen LogP contribution is 2.58. The number of anilines is 1. The maximum absolute atomic E-state index is 6.20. The molecule has 1 aromatic rings. The van der Waals surface area contributed by atoms with E-state index in [-0.39, 0.29) is 11.5 Å². The molecule has 0 amide bonds. The summed E-state index contributed by atoms with van der Waals surface area (Å²) >= 11 is 0. The summed E-state index contributed by atoms with van der Waals surface area (Å²) in [4.78, 5) is 7.01. The number of hydrogen-bond donors (Lipinski definition) is 1. The lowest BCUT2D eigenvalue weighted by Crippen LogP contribution is -2.21. The second kappa shape index (κ2) is 3.70. The van der Waals surface area contributed by atoms with Crippen molar-refractivity contribution < 1.29 is 0 Å². The van der Waals surface area contributed by atoms with Gasteiger partial charge >= 0.3 is 0 Å². The Labute approximate surface area is 103 Å². The van der Waals surface area contributed by atoms with Gasteiger partial charge in [0.15, 0.2) is 0 Å². The molecule has 0 radical (unpaired) electrons. The molecule has 3 heteroatoms. The number of hydrogen-bond acceptors (Lipinski definition) is 3. The topological polar surface area (TPSA) is 42.1 Å². The van der Waals surface area contributed by atoms with Crippen molar-refractivity contribution in [3.8, 4) is 0 Å². The summed E-state index contributed by atoms with van der Waals surface area (Å²) in [5.74, 6) is 1.66. The predicted octanol–water partition coefficient (Wildman–Crippen LogP) is 2.13. The Morgan fingerprint density at radius 2 is 2.00 bits per heavy atom. The first-order valence-electron chi connectivity index (χ1n) is 6.58. The molecule has 1 aliphatic heterocycles. The quantitative estimate of drug-likeness (QED) is 0.848. The van der Waals surface area contributed by atoms with Crippen molar-refractivity contribution in [2.45, 2.75) is 38.6 Å². The molecular weight excluding hydrogens is 210 g/mol. The van der Waals surface area contributed by atoms with E-state index in [0.29, 0.717) is 5.92 Å². The SMILES string of the molecule is CC1(C)[C@H](N)[C@H]1c1cccnc1N1CCCC1. The van der Waals surface area contributed by atoms with Crippen LogP contribution >= 0.6 is 0 Å². The molecule has 2 N–H and O–H groups in total. The summed E-state index contributed by atoms with van der Waals surface area (Å²) in [6.07, 6.45) is 4.48. The van der Waals surface area contributed by atoms with Gasteiger partial charge in [0.25, 0.3) is 0 Å². The van der Waals surface area contributed by atoms with Crippen molar-refractivity contribution in [1.29, 1.82) is 0 Å². The Morgan fingerprint density at radius 3 is 2.59 bits per heavy atom. The standard InChI is InChI=1S/C14H21N3/c1-14(2)11(12(14)15)10-6-5-7-16-13(10)17-8-3-4-9-17/h5-7,11-12H,3-4,8-9,15H2,1-2H3/t11-,12-/m1/s1. The Kier molecular flexibility index (Phi) is 2.40. The minimum absolute atomic E-state index is 0.234. The third-order valence-electron chi connectivity index (χ3n) is 4.47. The van der Waals surface area contributed by atoms with Gasteiger partial charge in [-0.1, -0.05) is 19.9 Å². The third kappa shape index (κ3) is 1.64. The molecule has 3 rings (SSSR count). The van der Waals surface area contributed by atoms with Gasteiger partial charge in [0.05, 0.1) is 0 Å². The molecular formula is C14H21N3. The van der Waals surface area contributed by atoms with Crippen LogP contribution in [0.15, 0.2) is 18.3 Å². The molecule has 0 spiro atoms. The highest BCUT2D eigenvalue weighted by molar-refractivity contribution is 5.53. The van der Waals surface area contributed by atoms with Crippen LogP contribution in [0.1, 0.15) is 38.2 Å². The molecule has 0 aromatic carbocycles. The molecule has 2 aliphatic rings. The van der Waals surface area contributed by atoms with Gasteiger partial charge in [-0.2, -0.15) is 0 Å². The summed E-state index contributed by atoms with van der Waals surface area (Å²) in [5, 5.41) is 0. The molecule has 92 valence electrons. The van der Waals surface area contributed by atoms with E-state index in [1.807, 2.05) is 12.3 Å². The first-order valence-corrected chi connectivity index (χ1v) is 6.58. The average molecular weight is 231 g/mol. The maximum atomic E-state index is 6.20. The number of rotatable bonds is 2. The molecule has 1 saturated carbocycles. The van der Waals surface area contributed by atoms with Gasteiger partial charge in [-0.25, -0.2) is 4.98 Å². The summed E-state index contributed by atoms with van der Waals surface area (Å²) < 4.78 is 0. The molecule has 17 heavy (non-hydrogen) atoms. The fourth-order valence-corrected chi connectivity index (χ4v) is 3.12. The second-order valence-corrected chi connectivity index (χ2v) is 5.94. The lowest BCUT2D eigenvalue weighted by molar-refractivity contribution is 0.598. The summed E-state index contributed by atoms with van der Waals surface area (Å²) in [6, 6.07) is 4.53. The van der Waals surface area contributed by atoms with Gasteiger partial charge in [0.2, 0.25) is 0 Å². The minimum atomic E-state index is 0.234. The molecule has 1 aliphatic carbocycles. The predicted molar refractivity (Wildman–Crippen MR) is 70.2 cm³/mol. The van der Waals surface area contributed by atoms with Crippen molar-refractivity contribution in [3.63, 3.8) is 0 Å². The van der Waals surface area contributed by atoms with Gasteiger partial charge in [-0.15, -0.1) is 0 Å². The van der Waals surface area contributed by atoms with E-state index in [0.717, 1.165) is 13.1 Å². The van der Waals surface area contributed by atoms with Gasteiger partial charge in [-0.05, 0) is 29.9 Å². The van der Waals surface area contributed by atoms with Gasteiger partial charge < -0.3 is 10.6 Å². The van der Waals surface area contributed by atoms with Crippen LogP contribution in [0.3, 0.4) is 0 Å². The Balaban J connectivity index is 1.94. The van der Waals surface area contributed by atoms with Crippen LogP contribution in [0.4, 0.5) is 5.82 Å². The molecule has 2 fully saturated rings. The molecule has 3 nitrogen and oxygen atoms in total. The number of nitrogens with two attached hydrogens (primary N) is 1. The van der Waals surface area contributed by atoms with Crippen molar-refractivity contribution in [1.82, 2.24) is 4.98 Å². The molecule has 0 bridgehead atoms. The zero-order valence-corrected chi connectivity index (χ0v) is 10.7. The number of pyridine rings is 1. The maximum Gasteiger partial charge on any atom is 0.132 e. The van der Waals surface area contributed by atoms with Crippen LogP contribution in [0, 0.1) is 5.41 Å². The minimum Gasteiger partial charge on any atom is -0.356 e. The van der Waals surface area contributed by atoms with Gasteiger partial charge in [0.1, 0.15) is 5.82 Å². The van der Waals surface area contributed by atoms with Gasteiger partial charge in [0, 0.05) is 31.2 Å². The fourth-order valence-electron chi connectivity index (χ4n) is 3.12. The van der Waals surface area contributed by atoms with E-state index < -0.39 is 0 Å². The zero-order valence-electron chi connectivity index (χ0n) is 10.7. The van der Waals surface area contributed by atoms with Crippen LogP contribution in [-0.2, 0) is 0 Å². The smallest absolute Gasteiger partial charge is 0.132 e. The second-order valence-electron chi connectivity index (χ2n) is 5.94. The summed E-state index contributed by atoms with van der Waals surface area (Å²) in [5.41, 5.74) is 7.78. The molecule has 2 heterocycles. The van der Waals surface area contributed by atoms with E-state index in [1.54, 1.807) is 0 Å². The monoisotopic (exact) mass is 231 g/mol. The van der Waals surface area contributed by atoms with Crippen LogP contribution in [0.2, 0.25) is 0 Å². The molecule has 0 unspecified atom stereocenters. The van der Waals surface area contributed by atoms with Crippen LogP contribution in [0.5, 0.6) is 0 Å². The zero-order chi connectivity index (χ0) is 12.0. The lowest BCUT2D eigenvalue weighted by Gasteiger charge is -2.20. The Hall–Kier alpha value is -1.09. The van der Waals surface area contributed by atoms with Crippen LogP contribution in [-0.4, -0.2) is 24.1 Å². The highest BCUT2D eigenvalue weighted by atomic mass is 15.2. The van der Waals surface area contributed by atoms with E-state index in [4.69, 9.17) is 5.73 Å². The highest BCUT2D eigenvalue weighted by Gasteiger charge is 2.57. The van der Waals surface area contributed by atoms with Gasteiger partial charge in [-0.3, -0.25) is 0 Å². The Morgan fingerprint density at radius 1 is 1.35 bits per heavy atom. The summed E-state index contributed by atoms with van der Waals surface area (Å²) in [6.45, 7) is 6.80. The average Bonchev–Trinajstić information content (AvgIpc) is 2.76. The van der Waals surface area contributed by atoms with Crippen LogP contribution in [0.25, 0.3) is 0 Å². The van der Waals surface area contributed by atoms with Crippen molar-refractivity contribution in [3.05, 3.63) is 23.9 Å². The van der Waals surface area contributed by atoms with E-state index >= 15 is 0 Å². The van der Waals surface area contributed by atoms with Crippen LogP contribution < -0.4 is 10.6 Å². The van der Waals surface area contributed by atoms with Crippen molar-refractivity contribution >= 4 is 5.82 Å². The third-order valence-corrected chi connectivity index (χ3v) is 4.47. The van der Waals surface area contributed by atoms with E-state index in [2.05, 4.69) is 29.8 Å². The lowest BCUT2D eigenvalue weighted by atomic mass is 10.0. The number of nitrogens with zero attached hydrogens (tertiary/aromatic N) is 2. The fraction of sp³-hybridized carbons (Fsp3) is 0.643. The first kappa shape index (κ1) is 11.0. The van der Waals surface area contributed by atoms with Crippen molar-refractivity contribution in [2.24, 2.45) is 11.1 Å². The van der Waals surface area contributed by atoms with E-state index in [1.165, 1.54) is 24.2 Å². The van der Waals surface area contributed by atoms with Crippen molar-refractivity contribution in [2.75, 3.05) is 18.0 Å². The largest absolute Gasteiger partial charge is 0.356 e. The number of aromatic nitrogens is 1. The molecule has 2 atom stereocenters. The van der Waals surface area contributed by atoms with E-state index in [9.17, 15) is 0 Å².